The van der Waals surface area contributed by atoms with Crippen LogP contribution in [0.1, 0.15) is 11.1 Å². The fourth-order valence-electron chi connectivity index (χ4n) is 3.22. The van der Waals surface area contributed by atoms with Crippen molar-refractivity contribution in [3.63, 3.8) is 0 Å². The number of phenols is 1. The number of aromatic hydroxyl groups is 1. The molecule has 0 unspecified atom stereocenters. The van der Waals surface area contributed by atoms with Crippen LogP contribution in [0, 0.1) is 0 Å². The van der Waals surface area contributed by atoms with Gasteiger partial charge in [-0.1, -0.05) is 36.4 Å². The molecule has 1 N–H and O–H groups in total. The number of ether oxygens (including phenoxy) is 2. The topological polar surface area (TPSA) is 71.4 Å². The van der Waals surface area contributed by atoms with Gasteiger partial charge in [0.05, 0.1) is 19.9 Å². The summed E-state index contributed by atoms with van der Waals surface area (Å²) in [5.74, 6) is 1.34. The zero-order valence-electron chi connectivity index (χ0n) is 16.6. The number of rotatable bonds is 5. The first-order chi connectivity index (χ1) is 14.6. The summed E-state index contributed by atoms with van der Waals surface area (Å²) in [6, 6.07) is 21.7. The first-order valence-corrected chi connectivity index (χ1v) is 9.32. The molecule has 4 rings (SSSR count). The molecule has 3 aromatic rings. The second-order valence-electron chi connectivity index (χ2n) is 6.60. The number of aliphatic imine (C=N–C) groups is 1. The number of benzene rings is 3. The maximum atomic E-state index is 13.3. The van der Waals surface area contributed by atoms with E-state index in [1.165, 1.54) is 13.2 Å². The molecule has 0 saturated carbocycles. The minimum atomic E-state index is -0.255. The summed E-state index contributed by atoms with van der Waals surface area (Å²) < 4.78 is 10.3. The van der Waals surface area contributed by atoms with Gasteiger partial charge in [0.1, 0.15) is 17.3 Å². The number of hydrogen-bond donors (Lipinski definition) is 1. The Labute approximate surface area is 174 Å². The zero-order chi connectivity index (χ0) is 21.1. The molecule has 6 heteroatoms. The number of phenolic OH excluding ortho intramolecular Hbond substituents is 1. The molecule has 1 heterocycles. The largest absolute Gasteiger partial charge is 0.504 e. The number of carbonyl (C=O) groups excluding carboxylic acids is 1. The van der Waals surface area contributed by atoms with Gasteiger partial charge in [-0.25, -0.2) is 4.99 Å². The van der Waals surface area contributed by atoms with E-state index < -0.39 is 0 Å². The van der Waals surface area contributed by atoms with Crippen molar-refractivity contribution in [1.29, 1.82) is 0 Å². The summed E-state index contributed by atoms with van der Waals surface area (Å²) in [6.45, 7) is 0. The molecule has 1 aliphatic heterocycles. The lowest BCUT2D eigenvalue weighted by Gasteiger charge is -2.18. The van der Waals surface area contributed by atoms with Crippen LogP contribution in [0.5, 0.6) is 17.2 Å². The smallest absolute Gasteiger partial charge is 0.282 e. The standard InChI is InChI=1S/C24H20N2O4/c1-29-19-11-9-18(10-12-19)26-23(17-6-4-3-5-7-17)25-20(24(26)28)14-16-8-13-22(30-2)21(27)15-16/h3-15,27H,1-2H3. The van der Waals surface area contributed by atoms with Gasteiger partial charge in [-0.2, -0.15) is 0 Å². The average Bonchev–Trinajstić information content (AvgIpc) is 3.10. The number of amides is 1. The van der Waals surface area contributed by atoms with Gasteiger partial charge in [0.25, 0.3) is 5.91 Å². The van der Waals surface area contributed by atoms with Crippen LogP contribution in [0.2, 0.25) is 0 Å². The van der Waals surface area contributed by atoms with Crippen molar-refractivity contribution >= 4 is 23.5 Å². The van der Waals surface area contributed by atoms with E-state index in [4.69, 9.17) is 9.47 Å². The Morgan fingerprint density at radius 3 is 2.30 bits per heavy atom. The van der Waals surface area contributed by atoms with Crippen molar-refractivity contribution < 1.29 is 19.4 Å². The summed E-state index contributed by atoms with van der Waals surface area (Å²) in [5, 5.41) is 10.0. The van der Waals surface area contributed by atoms with Crippen LogP contribution in [-0.4, -0.2) is 31.1 Å². The molecule has 0 atom stereocenters. The summed E-state index contributed by atoms with van der Waals surface area (Å²) in [5.41, 5.74) is 2.42. The lowest BCUT2D eigenvalue weighted by Crippen LogP contribution is -2.32. The molecule has 0 spiro atoms. The number of anilines is 1. The highest BCUT2D eigenvalue weighted by Crippen LogP contribution is 2.31. The summed E-state index contributed by atoms with van der Waals surface area (Å²) in [4.78, 5) is 19.5. The van der Waals surface area contributed by atoms with E-state index in [1.54, 1.807) is 42.4 Å². The summed E-state index contributed by atoms with van der Waals surface area (Å²) in [7, 11) is 3.08. The van der Waals surface area contributed by atoms with E-state index in [1.807, 2.05) is 42.5 Å². The van der Waals surface area contributed by atoms with Gasteiger partial charge < -0.3 is 14.6 Å². The molecule has 0 fully saturated rings. The molecule has 150 valence electrons. The van der Waals surface area contributed by atoms with Gasteiger partial charge in [-0.3, -0.25) is 9.69 Å². The maximum absolute atomic E-state index is 13.3. The maximum Gasteiger partial charge on any atom is 0.282 e. The highest BCUT2D eigenvalue weighted by Gasteiger charge is 2.32. The Balaban J connectivity index is 1.78. The molecular weight excluding hydrogens is 380 g/mol. The molecule has 1 aliphatic rings. The van der Waals surface area contributed by atoms with Crippen LogP contribution in [0.25, 0.3) is 6.08 Å². The third-order valence-electron chi connectivity index (χ3n) is 4.73. The molecule has 30 heavy (non-hydrogen) atoms. The normalized spacial score (nSPS) is 14.7. The van der Waals surface area contributed by atoms with E-state index in [9.17, 15) is 9.90 Å². The van der Waals surface area contributed by atoms with E-state index in [-0.39, 0.29) is 17.4 Å². The van der Waals surface area contributed by atoms with Gasteiger partial charge in [0.15, 0.2) is 11.5 Å². The van der Waals surface area contributed by atoms with Crippen LogP contribution in [0.4, 0.5) is 5.69 Å². The highest BCUT2D eigenvalue weighted by atomic mass is 16.5. The first kappa shape index (κ1) is 19.3. The van der Waals surface area contributed by atoms with E-state index in [2.05, 4.69) is 4.99 Å². The number of methoxy groups -OCH3 is 2. The van der Waals surface area contributed by atoms with Gasteiger partial charge in [0.2, 0.25) is 0 Å². The van der Waals surface area contributed by atoms with Crippen LogP contribution in [0.15, 0.2) is 83.5 Å². The summed E-state index contributed by atoms with van der Waals surface area (Å²) in [6.07, 6.45) is 1.65. The van der Waals surface area contributed by atoms with Crippen LogP contribution >= 0.6 is 0 Å². The predicted molar refractivity (Wildman–Crippen MR) is 116 cm³/mol. The molecule has 0 saturated heterocycles. The highest BCUT2D eigenvalue weighted by molar-refractivity contribution is 6.33. The van der Waals surface area contributed by atoms with Crippen LogP contribution < -0.4 is 14.4 Å². The Hall–Kier alpha value is -4.06. The zero-order valence-corrected chi connectivity index (χ0v) is 16.6. The molecule has 0 bridgehead atoms. The number of carbonyl (C=O) groups is 1. The Morgan fingerprint density at radius 2 is 1.67 bits per heavy atom. The molecule has 3 aromatic carbocycles. The lowest BCUT2D eigenvalue weighted by molar-refractivity contribution is -0.113. The SMILES string of the molecule is COc1ccc(N2C(=O)C(=Cc3ccc(OC)c(O)c3)N=C2c2ccccc2)cc1. The van der Waals surface area contributed by atoms with E-state index >= 15 is 0 Å². The predicted octanol–water partition coefficient (Wildman–Crippen LogP) is 4.24. The number of nitrogens with zero attached hydrogens (tertiary/aromatic N) is 2. The second kappa shape index (κ2) is 8.13. The molecule has 0 aliphatic carbocycles. The van der Waals surface area contributed by atoms with Crippen molar-refractivity contribution in [3.05, 3.63) is 89.6 Å². The van der Waals surface area contributed by atoms with Crippen molar-refractivity contribution in [2.45, 2.75) is 0 Å². The van der Waals surface area contributed by atoms with Crippen molar-refractivity contribution in [2.24, 2.45) is 4.99 Å². The minimum absolute atomic E-state index is 0.00318. The number of amidine groups is 1. The quantitative estimate of drug-likeness (QED) is 0.650. The first-order valence-electron chi connectivity index (χ1n) is 9.32. The van der Waals surface area contributed by atoms with Gasteiger partial charge in [0, 0.05) is 5.56 Å². The van der Waals surface area contributed by atoms with Crippen LogP contribution in [-0.2, 0) is 4.79 Å². The Morgan fingerprint density at radius 1 is 0.933 bits per heavy atom. The second-order valence-corrected chi connectivity index (χ2v) is 6.60. The number of hydrogen-bond acceptors (Lipinski definition) is 5. The van der Waals surface area contributed by atoms with E-state index in [0.717, 1.165) is 5.56 Å². The Kier molecular flexibility index (Phi) is 5.22. The van der Waals surface area contributed by atoms with Gasteiger partial charge in [-0.15, -0.1) is 0 Å². The van der Waals surface area contributed by atoms with Crippen molar-refractivity contribution in [3.8, 4) is 17.2 Å². The minimum Gasteiger partial charge on any atom is -0.504 e. The Bertz CT molecular complexity index is 1140. The lowest BCUT2D eigenvalue weighted by atomic mass is 10.1. The summed E-state index contributed by atoms with van der Waals surface area (Å²) >= 11 is 0. The monoisotopic (exact) mass is 400 g/mol. The fourth-order valence-corrected chi connectivity index (χ4v) is 3.22. The molecular formula is C24H20N2O4. The van der Waals surface area contributed by atoms with Crippen molar-refractivity contribution in [2.75, 3.05) is 19.1 Å². The fraction of sp³-hybridized carbons (Fsp3) is 0.0833. The average molecular weight is 400 g/mol. The van der Waals surface area contributed by atoms with Crippen molar-refractivity contribution in [1.82, 2.24) is 0 Å². The molecule has 0 aromatic heterocycles. The molecule has 1 amide bonds. The third kappa shape index (κ3) is 3.63. The van der Waals surface area contributed by atoms with E-state index in [0.29, 0.717) is 28.6 Å². The molecule has 0 radical (unpaired) electrons. The van der Waals surface area contributed by atoms with Gasteiger partial charge >= 0.3 is 0 Å². The molecule has 6 nitrogen and oxygen atoms in total. The van der Waals surface area contributed by atoms with Crippen LogP contribution in [0.3, 0.4) is 0 Å². The van der Waals surface area contributed by atoms with Gasteiger partial charge in [-0.05, 0) is 48.0 Å². The third-order valence-corrected chi connectivity index (χ3v) is 4.73.